The minimum Gasteiger partial charge on any atom is -0.311 e. The van der Waals surface area contributed by atoms with Crippen molar-refractivity contribution in [2.24, 2.45) is 0 Å². The van der Waals surface area contributed by atoms with E-state index < -0.39 is 0 Å². The van der Waals surface area contributed by atoms with Crippen molar-refractivity contribution in [3.63, 3.8) is 0 Å². The number of benzene rings is 10. The molecule has 3 nitrogen and oxygen atoms in total. The predicted molar refractivity (Wildman–Crippen MR) is 352 cm³/mol. The highest BCUT2D eigenvalue weighted by atomic mass is 15.2. The van der Waals surface area contributed by atoms with Gasteiger partial charge in [0.1, 0.15) is 0 Å². The Morgan fingerprint density at radius 1 is 0.341 bits per heavy atom. The van der Waals surface area contributed by atoms with Crippen LogP contribution in [0.5, 0.6) is 0 Å². The summed E-state index contributed by atoms with van der Waals surface area (Å²) in [5.41, 5.74) is 31.0. The van der Waals surface area contributed by atoms with Crippen LogP contribution in [0.3, 0.4) is 0 Å². The maximum Gasteiger partial charge on any atom is 0.252 e. The van der Waals surface area contributed by atoms with Crippen LogP contribution in [0, 0.1) is 0 Å². The number of fused-ring (bicyclic) bond motifs is 10. The van der Waals surface area contributed by atoms with Crippen molar-refractivity contribution in [3.8, 4) is 33.4 Å². The number of hydrogen-bond acceptors (Lipinski definition) is 3. The van der Waals surface area contributed by atoms with Gasteiger partial charge in [-0.2, -0.15) is 0 Å². The van der Waals surface area contributed by atoms with Crippen LogP contribution in [0.1, 0.15) is 129 Å². The number of para-hydroxylation sites is 1. The molecule has 0 unspecified atom stereocenters. The highest BCUT2D eigenvalue weighted by Gasteiger charge is 2.46. The van der Waals surface area contributed by atoms with Crippen LogP contribution in [0.15, 0.2) is 212 Å². The van der Waals surface area contributed by atoms with E-state index >= 15 is 0 Å². The molecular weight excluding hydrogens is 990 g/mol. The molecule has 0 saturated carbocycles. The summed E-state index contributed by atoms with van der Waals surface area (Å²) in [5.74, 6) is 0. The Labute approximate surface area is 488 Å². The summed E-state index contributed by atoms with van der Waals surface area (Å²) < 4.78 is 0. The van der Waals surface area contributed by atoms with E-state index in [0.29, 0.717) is 0 Å². The van der Waals surface area contributed by atoms with E-state index in [-0.39, 0.29) is 33.8 Å². The van der Waals surface area contributed by atoms with Gasteiger partial charge in [0.05, 0.1) is 5.69 Å². The second-order valence-electron chi connectivity index (χ2n) is 27.9. The fourth-order valence-electron chi connectivity index (χ4n) is 14.3. The van der Waals surface area contributed by atoms with Crippen LogP contribution >= 0.6 is 0 Å². The molecule has 2 heterocycles. The first kappa shape index (κ1) is 51.8. The third kappa shape index (κ3) is 7.91. The van der Waals surface area contributed by atoms with E-state index in [1.165, 1.54) is 117 Å². The predicted octanol–water partition coefficient (Wildman–Crippen LogP) is 19.4. The summed E-state index contributed by atoms with van der Waals surface area (Å²) in [7, 11) is 0. The van der Waals surface area contributed by atoms with E-state index in [1.54, 1.807) is 0 Å². The Morgan fingerprint density at radius 2 is 0.829 bits per heavy atom. The van der Waals surface area contributed by atoms with Crippen LogP contribution in [0.4, 0.5) is 51.2 Å². The van der Waals surface area contributed by atoms with Gasteiger partial charge >= 0.3 is 0 Å². The molecule has 0 radical (unpaired) electrons. The summed E-state index contributed by atoms with van der Waals surface area (Å²) in [5, 5.41) is 0. The zero-order chi connectivity index (χ0) is 57.0. The minimum atomic E-state index is -0.200. The Morgan fingerprint density at radius 3 is 1.39 bits per heavy atom. The average Bonchev–Trinajstić information content (AvgIpc) is 2.22. The van der Waals surface area contributed by atoms with Gasteiger partial charge in [0.15, 0.2) is 0 Å². The summed E-state index contributed by atoms with van der Waals surface area (Å²) in [4.78, 5) is 7.80. The molecule has 0 aromatic heterocycles. The molecule has 4 aliphatic rings. The van der Waals surface area contributed by atoms with Gasteiger partial charge in [-0.3, -0.25) is 0 Å². The number of anilines is 9. The second kappa shape index (κ2) is 18.1. The maximum absolute atomic E-state index is 2.66. The van der Waals surface area contributed by atoms with Gasteiger partial charge < -0.3 is 14.7 Å². The lowest BCUT2D eigenvalue weighted by Gasteiger charge is -2.46. The van der Waals surface area contributed by atoms with Gasteiger partial charge in [-0.15, -0.1) is 0 Å². The van der Waals surface area contributed by atoms with E-state index in [0.717, 1.165) is 22.7 Å². The molecule has 0 N–H and O–H groups in total. The molecule has 0 amide bonds. The Balaban J connectivity index is 1.07. The topological polar surface area (TPSA) is 9.72 Å². The lowest BCUT2D eigenvalue weighted by molar-refractivity contribution is 0.590. The molecule has 404 valence electrons. The number of hydrogen-bond donors (Lipinski definition) is 0. The number of rotatable bonds is 6. The van der Waals surface area contributed by atoms with Gasteiger partial charge in [-0.05, 0) is 178 Å². The largest absolute Gasteiger partial charge is 0.311 e. The molecule has 0 atom stereocenters. The monoisotopic (exact) mass is 1060 g/mol. The summed E-state index contributed by atoms with van der Waals surface area (Å²) >= 11 is 0. The lowest BCUT2D eigenvalue weighted by atomic mass is 9.33. The quantitative estimate of drug-likeness (QED) is 0.154. The standard InChI is InChI=1S/C78H74BN3/c1-74(2,3)50-32-40-68(61(42-50)49-24-16-14-17-25-49)80(53-26-18-15-19-27-53)56-36-39-66-70(48-56)82(55-35-38-60-58-29-21-23-31-63(58)78(12,13)65(60)47-55)72-45-52(76(7,8)9)44-71-73(72)79(66)67-43-51(75(4,5)6)33-41-69(67)81(71)54-34-37-59-57-28-20-22-30-62(57)77(10,11)64(59)46-54/h14-48H,1-13H3. The smallest absolute Gasteiger partial charge is 0.252 e. The zero-order valence-electron chi connectivity index (χ0n) is 50.1. The molecule has 82 heavy (non-hydrogen) atoms. The highest BCUT2D eigenvalue weighted by Crippen LogP contribution is 2.55. The molecule has 2 aliphatic heterocycles. The van der Waals surface area contributed by atoms with Crippen molar-refractivity contribution in [2.75, 3.05) is 14.7 Å². The van der Waals surface area contributed by atoms with Crippen LogP contribution in [0.2, 0.25) is 0 Å². The molecule has 2 aliphatic carbocycles. The summed E-state index contributed by atoms with van der Waals surface area (Å²) in [6.07, 6.45) is 0. The Kier molecular flexibility index (Phi) is 11.4. The molecule has 0 bridgehead atoms. The lowest BCUT2D eigenvalue weighted by Crippen LogP contribution is -2.61. The highest BCUT2D eigenvalue weighted by molar-refractivity contribution is 7.00. The van der Waals surface area contributed by atoms with E-state index in [9.17, 15) is 0 Å². The summed E-state index contributed by atoms with van der Waals surface area (Å²) in [6.45, 7) is 30.7. The van der Waals surface area contributed by atoms with Crippen molar-refractivity contribution < 1.29 is 0 Å². The normalized spacial score (nSPS) is 15.0. The first-order valence-electron chi connectivity index (χ1n) is 29.7. The van der Waals surface area contributed by atoms with Gasteiger partial charge in [-0.25, -0.2) is 0 Å². The molecule has 10 aromatic carbocycles. The number of nitrogens with zero attached hydrogens (tertiary/aromatic N) is 3. The second-order valence-corrected chi connectivity index (χ2v) is 27.9. The van der Waals surface area contributed by atoms with Gasteiger partial charge in [0, 0.05) is 61.9 Å². The Hall–Kier alpha value is -8.34. The van der Waals surface area contributed by atoms with Crippen LogP contribution in [-0.2, 0) is 27.1 Å². The molecule has 0 fully saturated rings. The molecule has 0 spiro atoms. The summed E-state index contributed by atoms with van der Waals surface area (Å²) in [6, 6.07) is 81.8. The SMILES string of the molecule is CC(C)(C)c1ccc2c(c1)B1c3ccc(N(c4ccccc4)c4ccc(C(C)(C)C)cc4-c4ccccc4)cc3N(c3ccc4c(c3)C(C)(C)c3ccccc3-4)c3cc(C(C)(C)C)cc(c31)N2c1ccc2c(c1)C(C)(C)c1ccccc1-2. The molecule has 10 aromatic rings. The first-order chi connectivity index (χ1) is 39.1. The van der Waals surface area contributed by atoms with E-state index in [2.05, 4.69) is 317 Å². The van der Waals surface area contributed by atoms with Crippen LogP contribution in [-0.4, -0.2) is 6.71 Å². The zero-order valence-corrected chi connectivity index (χ0v) is 50.1. The third-order valence-electron chi connectivity index (χ3n) is 18.9. The van der Waals surface area contributed by atoms with Gasteiger partial charge in [-0.1, -0.05) is 223 Å². The Bertz CT molecular complexity index is 4240. The molecule has 0 saturated heterocycles. The van der Waals surface area contributed by atoms with Crippen molar-refractivity contribution >= 4 is 74.3 Å². The van der Waals surface area contributed by atoms with E-state index in [4.69, 9.17) is 0 Å². The first-order valence-corrected chi connectivity index (χ1v) is 29.7. The van der Waals surface area contributed by atoms with Crippen molar-refractivity contribution in [1.29, 1.82) is 0 Å². The van der Waals surface area contributed by atoms with Gasteiger partial charge in [0.2, 0.25) is 0 Å². The average molecular weight is 1060 g/mol. The van der Waals surface area contributed by atoms with Gasteiger partial charge in [0.25, 0.3) is 6.71 Å². The minimum absolute atomic E-state index is 0.0440. The van der Waals surface area contributed by atoms with Crippen LogP contribution in [0.25, 0.3) is 33.4 Å². The molecule has 14 rings (SSSR count). The van der Waals surface area contributed by atoms with Crippen molar-refractivity contribution in [3.05, 3.63) is 251 Å². The van der Waals surface area contributed by atoms with Crippen molar-refractivity contribution in [2.45, 2.75) is 117 Å². The van der Waals surface area contributed by atoms with E-state index in [1.807, 2.05) is 0 Å². The molecule has 4 heteroatoms. The fourth-order valence-corrected chi connectivity index (χ4v) is 14.3. The fraction of sp³-hybridized carbons (Fsp3) is 0.231. The van der Waals surface area contributed by atoms with Crippen LogP contribution < -0.4 is 31.1 Å². The maximum atomic E-state index is 2.66. The molecular formula is C78H74BN3. The van der Waals surface area contributed by atoms with Crippen molar-refractivity contribution in [1.82, 2.24) is 0 Å². The third-order valence-corrected chi connectivity index (χ3v) is 18.9.